The second-order valence-electron chi connectivity index (χ2n) is 8.58. The van der Waals surface area contributed by atoms with Crippen LogP contribution >= 0.6 is 11.3 Å². The third-order valence-electron chi connectivity index (χ3n) is 5.98. The molecule has 1 aliphatic rings. The van der Waals surface area contributed by atoms with Crippen LogP contribution in [0.2, 0.25) is 0 Å². The fraction of sp³-hybridized carbons (Fsp3) is 0.417. The van der Waals surface area contributed by atoms with Gasteiger partial charge < -0.3 is 25.7 Å². The number of morpholine rings is 1. The van der Waals surface area contributed by atoms with Crippen molar-refractivity contribution in [2.45, 2.75) is 25.8 Å². The summed E-state index contributed by atoms with van der Waals surface area (Å²) < 4.78 is 6.59. The lowest BCUT2D eigenvalue weighted by Gasteiger charge is -2.28. The van der Waals surface area contributed by atoms with Gasteiger partial charge in [0, 0.05) is 54.0 Å². The number of hydroxylamine groups is 1. The van der Waals surface area contributed by atoms with Crippen molar-refractivity contribution in [3.8, 4) is 11.4 Å². The minimum absolute atomic E-state index is 0.316. The molecule has 0 unspecified atom stereocenters. The molecule has 1 fully saturated rings. The smallest absolute Gasteiger partial charge is 0.243 e. The number of amides is 1. The maximum atomic E-state index is 11.2. The second kappa shape index (κ2) is 11.5. The summed E-state index contributed by atoms with van der Waals surface area (Å²) in [6.45, 7) is 4.42. The second-order valence-corrected chi connectivity index (χ2v) is 9.72. The zero-order valence-corrected chi connectivity index (χ0v) is 20.6. The quantitative estimate of drug-likeness (QED) is 0.110. The van der Waals surface area contributed by atoms with Gasteiger partial charge in [0.15, 0.2) is 11.6 Å². The molecule has 2 aromatic heterocycles. The van der Waals surface area contributed by atoms with Crippen LogP contribution < -0.4 is 16.1 Å². The number of nitrogens with zero attached hydrogens (tertiary/aromatic N) is 4. The number of rotatable bonds is 10. The Hall–Kier alpha value is -3.12. The molecule has 1 aliphatic heterocycles. The first kappa shape index (κ1) is 25.0. The van der Waals surface area contributed by atoms with Crippen LogP contribution in [0.4, 0.5) is 11.5 Å². The molecule has 3 aromatic rings. The van der Waals surface area contributed by atoms with E-state index in [1.807, 2.05) is 12.1 Å². The monoisotopic (exact) mass is 497 g/mol. The molecule has 10 nitrogen and oxygen atoms in total. The Bertz CT molecular complexity index is 1190. The third-order valence-corrected chi connectivity index (χ3v) is 7.09. The van der Waals surface area contributed by atoms with Crippen molar-refractivity contribution < 1.29 is 14.7 Å². The van der Waals surface area contributed by atoms with Crippen molar-refractivity contribution >= 4 is 45.2 Å². The molecule has 1 aromatic carbocycles. The molecule has 0 aliphatic carbocycles. The average Bonchev–Trinajstić information content (AvgIpc) is 3.28. The SMILES string of the molecule is CN(CCCCC(=O)NO)Cc1cc2nc(-c3cccc(N)c3C=N)nc(N3CCOCC3)c2s1. The van der Waals surface area contributed by atoms with E-state index >= 15 is 0 Å². The number of ether oxygens (including phenoxy) is 1. The number of thiophene rings is 1. The van der Waals surface area contributed by atoms with E-state index in [0.29, 0.717) is 43.1 Å². The molecule has 4 rings (SSSR count). The Morgan fingerprint density at radius 1 is 1.34 bits per heavy atom. The van der Waals surface area contributed by atoms with Gasteiger partial charge in [-0.3, -0.25) is 10.0 Å². The van der Waals surface area contributed by atoms with Crippen LogP contribution in [-0.2, 0) is 16.1 Å². The molecule has 0 atom stereocenters. The number of carbonyl (C=O) groups excluding carboxylic acids is 1. The van der Waals surface area contributed by atoms with Crippen LogP contribution in [0.1, 0.15) is 29.7 Å². The van der Waals surface area contributed by atoms with E-state index in [-0.39, 0.29) is 5.91 Å². The van der Waals surface area contributed by atoms with Gasteiger partial charge in [-0.1, -0.05) is 12.1 Å². The largest absolute Gasteiger partial charge is 0.398 e. The van der Waals surface area contributed by atoms with Gasteiger partial charge in [-0.2, -0.15) is 0 Å². The number of benzene rings is 1. The van der Waals surface area contributed by atoms with E-state index < -0.39 is 0 Å². The number of anilines is 2. The topological polar surface area (TPSA) is 141 Å². The molecule has 35 heavy (non-hydrogen) atoms. The van der Waals surface area contributed by atoms with Gasteiger partial charge in [-0.05, 0) is 38.6 Å². The Balaban J connectivity index is 1.62. The first-order chi connectivity index (χ1) is 17.0. The van der Waals surface area contributed by atoms with Crippen molar-refractivity contribution in [2.24, 2.45) is 0 Å². The molecule has 1 saturated heterocycles. The van der Waals surface area contributed by atoms with E-state index in [9.17, 15) is 4.79 Å². The van der Waals surface area contributed by atoms with Crippen molar-refractivity contribution in [2.75, 3.05) is 50.5 Å². The summed E-state index contributed by atoms with van der Waals surface area (Å²) in [6.07, 6.45) is 3.15. The highest BCUT2D eigenvalue weighted by molar-refractivity contribution is 7.19. The van der Waals surface area contributed by atoms with E-state index in [0.717, 1.165) is 54.2 Å². The zero-order chi connectivity index (χ0) is 24.8. The molecular formula is C24H31N7O3S. The molecule has 11 heteroatoms. The highest BCUT2D eigenvalue weighted by atomic mass is 32.1. The van der Waals surface area contributed by atoms with Crippen LogP contribution in [0.5, 0.6) is 0 Å². The van der Waals surface area contributed by atoms with Gasteiger partial charge in [0.05, 0.1) is 23.4 Å². The number of nitrogens with one attached hydrogen (secondary N) is 2. The minimum atomic E-state index is -0.353. The highest BCUT2D eigenvalue weighted by Gasteiger charge is 2.21. The van der Waals surface area contributed by atoms with Crippen molar-refractivity contribution in [1.82, 2.24) is 20.3 Å². The standard InChI is InChI=1S/C24H31N7O3S/c1-30(8-3-2-7-21(32)29-33)15-16-13-20-22(35-16)24(31-9-11-34-12-10-31)28-23(27-20)17-5-4-6-19(26)18(17)14-25/h4-6,13-14,25,33H,2-3,7-12,15,26H2,1H3,(H,29,32). The normalized spacial score (nSPS) is 14.0. The summed E-state index contributed by atoms with van der Waals surface area (Å²) in [5.41, 5.74) is 10.6. The Morgan fingerprint density at radius 2 is 2.14 bits per heavy atom. The molecule has 0 spiro atoms. The van der Waals surface area contributed by atoms with Crippen LogP contribution in [0.15, 0.2) is 24.3 Å². The summed E-state index contributed by atoms with van der Waals surface area (Å²) in [5.74, 6) is 1.10. The van der Waals surface area contributed by atoms with Crippen molar-refractivity contribution in [3.63, 3.8) is 0 Å². The van der Waals surface area contributed by atoms with Crippen molar-refractivity contribution in [3.05, 3.63) is 34.7 Å². The summed E-state index contributed by atoms with van der Waals surface area (Å²) in [5, 5.41) is 16.5. The minimum Gasteiger partial charge on any atom is -0.398 e. The summed E-state index contributed by atoms with van der Waals surface area (Å²) in [6, 6.07) is 7.65. The Kier molecular flexibility index (Phi) is 8.24. The molecule has 0 saturated carbocycles. The number of hydrogen-bond acceptors (Lipinski definition) is 10. The number of aromatic nitrogens is 2. The molecule has 1 amide bonds. The zero-order valence-electron chi connectivity index (χ0n) is 19.8. The molecule has 0 radical (unpaired) electrons. The van der Waals surface area contributed by atoms with Crippen LogP contribution in [-0.4, -0.2) is 72.1 Å². The van der Waals surface area contributed by atoms with Crippen LogP contribution in [0.3, 0.4) is 0 Å². The number of unbranched alkanes of at least 4 members (excludes halogenated alkanes) is 1. The number of nitrogens with two attached hydrogens (primary N) is 1. The molecule has 186 valence electrons. The number of nitrogen functional groups attached to an aromatic ring is 1. The van der Waals surface area contributed by atoms with Gasteiger partial charge in [-0.25, -0.2) is 15.4 Å². The highest BCUT2D eigenvalue weighted by Crippen LogP contribution is 2.36. The lowest BCUT2D eigenvalue weighted by molar-refractivity contribution is -0.129. The van der Waals surface area contributed by atoms with Gasteiger partial charge in [0.25, 0.3) is 0 Å². The van der Waals surface area contributed by atoms with Gasteiger partial charge in [0.1, 0.15) is 0 Å². The summed E-state index contributed by atoms with van der Waals surface area (Å²) in [4.78, 5) is 26.7. The molecular weight excluding hydrogens is 466 g/mol. The van der Waals surface area contributed by atoms with Crippen LogP contribution in [0.25, 0.3) is 21.6 Å². The first-order valence-corrected chi connectivity index (χ1v) is 12.5. The van der Waals surface area contributed by atoms with Gasteiger partial charge >= 0.3 is 0 Å². The maximum absolute atomic E-state index is 11.2. The fourth-order valence-electron chi connectivity index (χ4n) is 4.16. The third kappa shape index (κ3) is 5.93. The van der Waals surface area contributed by atoms with Gasteiger partial charge in [0.2, 0.25) is 5.91 Å². The predicted octanol–water partition coefficient (Wildman–Crippen LogP) is 2.88. The lowest BCUT2D eigenvalue weighted by Crippen LogP contribution is -2.36. The summed E-state index contributed by atoms with van der Waals surface area (Å²) in [7, 11) is 2.06. The Morgan fingerprint density at radius 3 is 2.89 bits per heavy atom. The Labute approximate surface area is 208 Å². The first-order valence-electron chi connectivity index (χ1n) is 11.6. The predicted molar refractivity (Wildman–Crippen MR) is 138 cm³/mol. The fourth-order valence-corrected chi connectivity index (χ4v) is 5.35. The molecule has 3 heterocycles. The number of hydrogen-bond donors (Lipinski definition) is 4. The van der Waals surface area contributed by atoms with Crippen molar-refractivity contribution in [1.29, 1.82) is 5.41 Å². The van der Waals surface area contributed by atoms with E-state index in [1.54, 1.807) is 22.9 Å². The average molecular weight is 498 g/mol. The van der Waals surface area contributed by atoms with E-state index in [2.05, 4.69) is 22.9 Å². The molecule has 5 N–H and O–H groups in total. The van der Waals surface area contributed by atoms with E-state index in [1.165, 1.54) is 11.1 Å². The van der Waals surface area contributed by atoms with Gasteiger partial charge in [-0.15, -0.1) is 11.3 Å². The van der Waals surface area contributed by atoms with Crippen LogP contribution in [0, 0.1) is 5.41 Å². The number of carbonyl (C=O) groups is 1. The number of fused-ring (bicyclic) bond motifs is 1. The molecule has 0 bridgehead atoms. The lowest BCUT2D eigenvalue weighted by atomic mass is 10.1. The van der Waals surface area contributed by atoms with E-state index in [4.69, 9.17) is 31.1 Å². The maximum Gasteiger partial charge on any atom is 0.243 e. The summed E-state index contributed by atoms with van der Waals surface area (Å²) >= 11 is 1.69.